The van der Waals surface area contributed by atoms with E-state index in [1.54, 1.807) is 0 Å². The molecule has 0 saturated carbocycles. The molecule has 0 unspecified atom stereocenters. The van der Waals surface area contributed by atoms with Crippen LogP contribution in [0.1, 0.15) is 66.2 Å². The lowest BCUT2D eigenvalue weighted by atomic mass is 9.56. The summed E-state index contributed by atoms with van der Waals surface area (Å²) in [4.78, 5) is 0. The average Bonchev–Trinajstić information content (AvgIpc) is 2.46. The fourth-order valence-electron chi connectivity index (χ4n) is 4.49. The van der Waals surface area contributed by atoms with Crippen LogP contribution in [0, 0.1) is 23.2 Å². The van der Waals surface area contributed by atoms with Crippen LogP contribution < -0.4 is 0 Å². The van der Waals surface area contributed by atoms with Crippen molar-refractivity contribution in [3.63, 3.8) is 0 Å². The quantitative estimate of drug-likeness (QED) is 0.626. The molecular formula is C20H34OS. The molecule has 0 aromatic carbocycles. The highest BCUT2D eigenvalue weighted by atomic mass is 32.1. The van der Waals surface area contributed by atoms with Gasteiger partial charge in [0, 0.05) is 10.7 Å². The van der Waals surface area contributed by atoms with Crippen molar-refractivity contribution >= 4 is 12.6 Å². The zero-order valence-corrected chi connectivity index (χ0v) is 15.7. The minimum Gasteiger partial charge on any atom is -0.392 e. The fourth-order valence-corrected chi connectivity index (χ4v) is 4.83. The molecule has 0 aromatic heterocycles. The number of unbranched alkanes of at least 4 members (excludes halogenated alkanes) is 1. The monoisotopic (exact) mass is 322 g/mol. The summed E-state index contributed by atoms with van der Waals surface area (Å²) in [6.45, 7) is 9.06. The first-order valence-electron chi connectivity index (χ1n) is 9.16. The molecule has 0 radical (unpaired) electrons. The number of fused-ring (bicyclic) bond motifs is 1. The van der Waals surface area contributed by atoms with E-state index in [2.05, 4.69) is 45.9 Å². The van der Waals surface area contributed by atoms with E-state index < -0.39 is 0 Å². The van der Waals surface area contributed by atoms with Gasteiger partial charge in [0.25, 0.3) is 0 Å². The molecule has 0 fully saturated rings. The molecular weight excluding hydrogens is 288 g/mol. The van der Waals surface area contributed by atoms with E-state index in [1.165, 1.54) is 31.3 Å². The molecule has 0 aromatic rings. The molecule has 0 amide bonds. The predicted octanol–water partition coefficient (Wildman–Crippen LogP) is 5.41. The molecule has 0 aliphatic heterocycles. The predicted molar refractivity (Wildman–Crippen MR) is 99.3 cm³/mol. The van der Waals surface area contributed by atoms with Gasteiger partial charge in [0.1, 0.15) is 0 Å². The van der Waals surface area contributed by atoms with Crippen LogP contribution in [0.25, 0.3) is 0 Å². The Labute approximate surface area is 142 Å². The topological polar surface area (TPSA) is 20.2 Å². The van der Waals surface area contributed by atoms with Crippen molar-refractivity contribution in [2.24, 2.45) is 23.2 Å². The van der Waals surface area contributed by atoms with Crippen LogP contribution in [0.5, 0.6) is 0 Å². The minimum absolute atomic E-state index is 0.0705. The third kappa shape index (κ3) is 3.64. The Hall–Kier alpha value is -0.210. The number of thiol groups is 1. The molecule has 2 aliphatic carbocycles. The number of allylic oxidation sites excluding steroid dienone is 3. The van der Waals surface area contributed by atoms with Gasteiger partial charge in [0.05, 0.1) is 6.10 Å². The van der Waals surface area contributed by atoms with E-state index in [0.717, 1.165) is 12.8 Å². The number of hydrogen-bond acceptors (Lipinski definition) is 2. The second kappa shape index (κ2) is 7.57. The van der Waals surface area contributed by atoms with Gasteiger partial charge in [-0.15, -0.1) is 0 Å². The number of rotatable bonds is 6. The molecule has 2 heteroatoms. The summed E-state index contributed by atoms with van der Waals surface area (Å²) in [5, 5.41) is 11.3. The van der Waals surface area contributed by atoms with Gasteiger partial charge in [-0.2, -0.15) is 12.6 Å². The summed E-state index contributed by atoms with van der Waals surface area (Å²) < 4.78 is 0. The molecule has 2 rings (SSSR count). The first-order valence-corrected chi connectivity index (χ1v) is 9.67. The first-order chi connectivity index (χ1) is 10.4. The largest absolute Gasteiger partial charge is 0.392 e. The highest BCUT2D eigenvalue weighted by Crippen LogP contribution is 2.52. The Balaban J connectivity index is 2.12. The summed E-state index contributed by atoms with van der Waals surface area (Å²) in [5.41, 5.74) is 1.30. The van der Waals surface area contributed by atoms with E-state index >= 15 is 0 Å². The lowest BCUT2D eigenvalue weighted by Gasteiger charge is -2.50. The zero-order valence-electron chi connectivity index (χ0n) is 14.8. The van der Waals surface area contributed by atoms with Crippen molar-refractivity contribution in [1.82, 2.24) is 0 Å². The van der Waals surface area contributed by atoms with Gasteiger partial charge in [0.2, 0.25) is 0 Å². The van der Waals surface area contributed by atoms with Crippen LogP contribution in [-0.4, -0.2) is 16.5 Å². The Morgan fingerprint density at radius 2 is 2.09 bits per heavy atom. The van der Waals surface area contributed by atoms with Gasteiger partial charge in [0.15, 0.2) is 0 Å². The molecule has 1 nitrogen and oxygen atoms in total. The van der Waals surface area contributed by atoms with Gasteiger partial charge < -0.3 is 5.11 Å². The van der Waals surface area contributed by atoms with Crippen molar-refractivity contribution < 1.29 is 5.11 Å². The van der Waals surface area contributed by atoms with Crippen LogP contribution >= 0.6 is 12.6 Å². The Kier molecular flexibility index (Phi) is 6.24. The summed E-state index contributed by atoms with van der Waals surface area (Å²) in [6.07, 6.45) is 13.8. The SMILES string of the molecule is CCCC[C@H](S)CC[C@H]1[C@@H](C)C=CC2=C[C@H](C)C[C@H](O)[C@@]21C. The molecule has 1 N–H and O–H groups in total. The lowest BCUT2D eigenvalue weighted by molar-refractivity contribution is -0.0163. The van der Waals surface area contributed by atoms with Crippen molar-refractivity contribution in [2.45, 2.75) is 77.6 Å². The molecule has 0 heterocycles. The normalized spacial score (nSPS) is 39.3. The molecule has 2 aliphatic rings. The van der Waals surface area contributed by atoms with Crippen molar-refractivity contribution in [3.05, 3.63) is 23.8 Å². The fraction of sp³-hybridized carbons (Fsp3) is 0.800. The second-order valence-electron chi connectivity index (χ2n) is 7.83. The van der Waals surface area contributed by atoms with E-state index in [0.29, 0.717) is 23.0 Å². The van der Waals surface area contributed by atoms with Crippen LogP contribution in [0.2, 0.25) is 0 Å². The molecule has 6 atom stereocenters. The lowest BCUT2D eigenvalue weighted by Crippen LogP contribution is -2.47. The average molecular weight is 323 g/mol. The highest BCUT2D eigenvalue weighted by Gasteiger charge is 2.48. The third-order valence-corrected chi connectivity index (χ3v) is 6.58. The smallest absolute Gasteiger partial charge is 0.0642 e. The van der Waals surface area contributed by atoms with E-state index in [-0.39, 0.29) is 11.5 Å². The number of aliphatic hydroxyl groups is 1. The molecule has 0 bridgehead atoms. The Morgan fingerprint density at radius 1 is 1.36 bits per heavy atom. The Morgan fingerprint density at radius 3 is 2.77 bits per heavy atom. The van der Waals surface area contributed by atoms with Crippen molar-refractivity contribution in [3.8, 4) is 0 Å². The minimum atomic E-state index is -0.214. The molecule has 22 heavy (non-hydrogen) atoms. The van der Waals surface area contributed by atoms with Crippen LogP contribution in [0.3, 0.4) is 0 Å². The summed E-state index contributed by atoms with van der Waals surface area (Å²) in [6, 6.07) is 0. The third-order valence-electron chi connectivity index (χ3n) is 6.06. The van der Waals surface area contributed by atoms with Crippen LogP contribution in [0.4, 0.5) is 0 Å². The summed E-state index contributed by atoms with van der Waals surface area (Å²) in [7, 11) is 0. The van der Waals surface area contributed by atoms with E-state index in [4.69, 9.17) is 12.6 Å². The van der Waals surface area contributed by atoms with Gasteiger partial charge in [-0.1, -0.05) is 58.8 Å². The summed E-state index contributed by atoms with van der Waals surface area (Å²) >= 11 is 4.78. The molecule has 0 saturated heterocycles. The van der Waals surface area contributed by atoms with Crippen molar-refractivity contribution in [1.29, 1.82) is 0 Å². The van der Waals surface area contributed by atoms with E-state index in [9.17, 15) is 5.11 Å². The maximum Gasteiger partial charge on any atom is 0.0642 e. The van der Waals surface area contributed by atoms with Gasteiger partial charge in [-0.3, -0.25) is 0 Å². The van der Waals surface area contributed by atoms with Gasteiger partial charge in [-0.25, -0.2) is 0 Å². The number of hydrogen-bond donors (Lipinski definition) is 2. The molecule has 0 spiro atoms. The standard InChI is InChI=1S/C20H34OS/c1-5-6-7-17(22)10-11-18-15(3)8-9-16-12-14(2)13-19(21)20(16,18)4/h8-9,12,14-15,17-19,21-22H,5-7,10-11,13H2,1-4H3/t14-,15-,17-,18-,19-,20-/m0/s1. The first kappa shape index (κ1) is 18.1. The maximum atomic E-state index is 10.8. The van der Waals surface area contributed by atoms with Gasteiger partial charge in [-0.05, 0) is 49.0 Å². The zero-order chi connectivity index (χ0) is 16.3. The van der Waals surface area contributed by atoms with E-state index in [1.807, 2.05) is 0 Å². The van der Waals surface area contributed by atoms with Gasteiger partial charge >= 0.3 is 0 Å². The molecule has 126 valence electrons. The second-order valence-corrected chi connectivity index (χ2v) is 8.56. The van der Waals surface area contributed by atoms with Crippen LogP contribution in [0.15, 0.2) is 23.8 Å². The maximum absolute atomic E-state index is 10.8. The Bertz CT molecular complexity index is 427. The number of aliphatic hydroxyl groups excluding tert-OH is 1. The van der Waals surface area contributed by atoms with Crippen molar-refractivity contribution in [2.75, 3.05) is 0 Å². The summed E-state index contributed by atoms with van der Waals surface area (Å²) in [5.74, 6) is 1.55. The van der Waals surface area contributed by atoms with Crippen LogP contribution in [-0.2, 0) is 0 Å². The highest BCUT2D eigenvalue weighted by molar-refractivity contribution is 7.80.